The van der Waals surface area contributed by atoms with Gasteiger partial charge in [0.05, 0.1) is 12.3 Å². The van der Waals surface area contributed by atoms with Gasteiger partial charge in [-0.05, 0) is 26.0 Å². The Balaban J connectivity index is 1.74. The summed E-state index contributed by atoms with van der Waals surface area (Å²) in [5.41, 5.74) is 1.23. The highest BCUT2D eigenvalue weighted by molar-refractivity contribution is 7.88. The largest absolute Gasteiger partial charge is 0.368 e. The first-order valence-electron chi connectivity index (χ1n) is 8.69. The number of piperazine rings is 1. The Kier molecular flexibility index (Phi) is 5.19. The first-order valence-corrected chi connectivity index (χ1v) is 10.6. The van der Waals surface area contributed by atoms with Gasteiger partial charge in [-0.2, -0.15) is 0 Å². The fraction of sp³-hybridized carbons (Fsp3) is 0.529. The van der Waals surface area contributed by atoms with Gasteiger partial charge in [-0.1, -0.05) is 18.2 Å². The maximum absolute atomic E-state index is 11.5. The molecule has 9 heteroatoms. The molecule has 1 aromatic heterocycles. The van der Waals surface area contributed by atoms with Crippen LogP contribution in [0.4, 0.5) is 11.6 Å². The molecule has 0 amide bonds. The third kappa shape index (κ3) is 3.99. The van der Waals surface area contributed by atoms with Crippen molar-refractivity contribution >= 4 is 21.7 Å². The Hall–Kier alpha value is -2.13. The standard InChI is InChI=1S/C17H26N6O2S/c1-13-12-22(15-8-6-5-7-9-15)10-11-23(13)17-19-18-16(21(17)3)14(2)20-26(4,24)25/h5-9,13-14,20H,10-12H2,1-4H3/t13?,14-/m0/s1. The molecule has 1 aliphatic heterocycles. The van der Waals surface area contributed by atoms with Crippen LogP contribution < -0.4 is 14.5 Å². The lowest BCUT2D eigenvalue weighted by Crippen LogP contribution is -2.53. The van der Waals surface area contributed by atoms with Crippen molar-refractivity contribution in [3.8, 4) is 0 Å². The first kappa shape index (κ1) is 18.7. The maximum Gasteiger partial charge on any atom is 0.227 e. The molecule has 1 aliphatic rings. The van der Waals surface area contributed by atoms with Crippen LogP contribution >= 0.6 is 0 Å². The second kappa shape index (κ2) is 7.24. The van der Waals surface area contributed by atoms with E-state index in [2.05, 4.69) is 55.9 Å². The van der Waals surface area contributed by atoms with Crippen LogP contribution in [-0.4, -0.2) is 55.1 Å². The summed E-state index contributed by atoms with van der Waals surface area (Å²) in [4.78, 5) is 4.59. The molecule has 8 nitrogen and oxygen atoms in total. The summed E-state index contributed by atoms with van der Waals surface area (Å²) < 4.78 is 27.4. The molecule has 26 heavy (non-hydrogen) atoms. The number of para-hydroxylation sites is 1. The zero-order chi connectivity index (χ0) is 18.9. The van der Waals surface area contributed by atoms with E-state index in [0.717, 1.165) is 31.8 Å². The molecule has 1 unspecified atom stereocenters. The Bertz CT molecular complexity index is 851. The minimum absolute atomic E-state index is 0.262. The number of hydrogen-bond donors (Lipinski definition) is 1. The number of nitrogens with zero attached hydrogens (tertiary/aromatic N) is 5. The fourth-order valence-corrected chi connectivity index (χ4v) is 4.21. The molecule has 2 aromatic rings. The Morgan fingerprint density at radius 2 is 1.88 bits per heavy atom. The molecule has 142 valence electrons. The topological polar surface area (TPSA) is 83.4 Å². The van der Waals surface area contributed by atoms with E-state index in [-0.39, 0.29) is 6.04 Å². The van der Waals surface area contributed by atoms with E-state index in [4.69, 9.17) is 0 Å². The Morgan fingerprint density at radius 3 is 2.50 bits per heavy atom. The van der Waals surface area contributed by atoms with Gasteiger partial charge < -0.3 is 9.80 Å². The lowest BCUT2D eigenvalue weighted by atomic mass is 10.1. The van der Waals surface area contributed by atoms with Gasteiger partial charge >= 0.3 is 0 Å². The molecule has 1 aromatic carbocycles. The van der Waals surface area contributed by atoms with Gasteiger partial charge in [0.1, 0.15) is 0 Å². The molecule has 1 saturated heterocycles. The molecule has 2 heterocycles. The molecule has 1 N–H and O–H groups in total. The molecule has 0 saturated carbocycles. The van der Waals surface area contributed by atoms with E-state index in [9.17, 15) is 8.42 Å². The van der Waals surface area contributed by atoms with E-state index in [1.807, 2.05) is 17.7 Å². The average molecular weight is 379 g/mol. The van der Waals surface area contributed by atoms with Crippen LogP contribution in [0.3, 0.4) is 0 Å². The maximum atomic E-state index is 11.5. The summed E-state index contributed by atoms with van der Waals surface area (Å²) in [7, 11) is -1.43. The molecule has 0 radical (unpaired) electrons. The quantitative estimate of drug-likeness (QED) is 0.840. The van der Waals surface area contributed by atoms with Crippen molar-refractivity contribution in [2.24, 2.45) is 7.05 Å². The molecule has 0 spiro atoms. The predicted molar refractivity (Wildman–Crippen MR) is 103 cm³/mol. The second-order valence-corrected chi connectivity index (χ2v) is 8.63. The fourth-order valence-electron chi connectivity index (χ4n) is 3.46. The zero-order valence-corrected chi connectivity index (χ0v) is 16.4. The minimum Gasteiger partial charge on any atom is -0.368 e. The zero-order valence-electron chi connectivity index (χ0n) is 15.6. The summed E-state index contributed by atoms with van der Waals surface area (Å²) in [6.45, 7) is 6.56. The third-order valence-corrected chi connectivity index (χ3v) is 5.45. The summed E-state index contributed by atoms with van der Waals surface area (Å²) in [6.07, 6.45) is 1.14. The van der Waals surface area contributed by atoms with Gasteiger partial charge in [0.25, 0.3) is 0 Å². The van der Waals surface area contributed by atoms with Crippen LogP contribution in [0, 0.1) is 0 Å². The average Bonchev–Trinajstić information content (AvgIpc) is 2.95. The van der Waals surface area contributed by atoms with E-state index in [0.29, 0.717) is 5.82 Å². The summed E-state index contributed by atoms with van der Waals surface area (Å²) in [6, 6.07) is 10.2. The molecular weight excluding hydrogens is 352 g/mol. The van der Waals surface area contributed by atoms with Crippen LogP contribution in [0.5, 0.6) is 0 Å². The highest BCUT2D eigenvalue weighted by Crippen LogP contribution is 2.24. The number of hydrogen-bond acceptors (Lipinski definition) is 6. The van der Waals surface area contributed by atoms with Crippen LogP contribution in [0.15, 0.2) is 30.3 Å². The van der Waals surface area contributed by atoms with E-state index in [1.54, 1.807) is 6.92 Å². The van der Waals surface area contributed by atoms with E-state index < -0.39 is 16.1 Å². The monoisotopic (exact) mass is 378 g/mol. The van der Waals surface area contributed by atoms with Gasteiger partial charge in [0.2, 0.25) is 16.0 Å². The SMILES string of the molecule is CC1CN(c2ccccc2)CCN1c1nnc([C@H](C)NS(C)(=O)=O)n1C. The molecule has 1 fully saturated rings. The summed E-state index contributed by atoms with van der Waals surface area (Å²) >= 11 is 0. The van der Waals surface area contributed by atoms with Crippen LogP contribution in [-0.2, 0) is 17.1 Å². The number of anilines is 2. The van der Waals surface area contributed by atoms with Crippen molar-refractivity contribution in [2.75, 3.05) is 35.7 Å². The Labute approximate surface area is 154 Å². The van der Waals surface area contributed by atoms with Crippen molar-refractivity contribution in [3.63, 3.8) is 0 Å². The summed E-state index contributed by atoms with van der Waals surface area (Å²) in [5, 5.41) is 8.54. The minimum atomic E-state index is -3.30. The van der Waals surface area contributed by atoms with Crippen LogP contribution in [0.25, 0.3) is 0 Å². The molecule has 0 aliphatic carbocycles. The van der Waals surface area contributed by atoms with Crippen molar-refractivity contribution in [1.29, 1.82) is 0 Å². The van der Waals surface area contributed by atoms with Gasteiger partial charge in [-0.3, -0.25) is 4.57 Å². The van der Waals surface area contributed by atoms with E-state index >= 15 is 0 Å². The van der Waals surface area contributed by atoms with Gasteiger partial charge in [0, 0.05) is 38.4 Å². The number of nitrogens with one attached hydrogen (secondary N) is 1. The molecule has 3 rings (SSSR count). The predicted octanol–water partition coefficient (Wildman–Crippen LogP) is 1.14. The number of sulfonamides is 1. The van der Waals surface area contributed by atoms with Gasteiger partial charge in [0.15, 0.2) is 5.82 Å². The van der Waals surface area contributed by atoms with Crippen LogP contribution in [0.1, 0.15) is 25.7 Å². The highest BCUT2D eigenvalue weighted by Gasteiger charge is 2.28. The van der Waals surface area contributed by atoms with Crippen molar-refractivity contribution in [3.05, 3.63) is 36.2 Å². The number of aromatic nitrogens is 3. The lowest BCUT2D eigenvalue weighted by Gasteiger charge is -2.41. The molecule has 2 atom stereocenters. The van der Waals surface area contributed by atoms with Gasteiger partial charge in [-0.15, -0.1) is 10.2 Å². The second-order valence-electron chi connectivity index (χ2n) is 6.85. The van der Waals surface area contributed by atoms with Gasteiger partial charge in [-0.25, -0.2) is 13.1 Å². The highest BCUT2D eigenvalue weighted by atomic mass is 32.2. The number of benzene rings is 1. The third-order valence-electron chi connectivity index (χ3n) is 4.67. The lowest BCUT2D eigenvalue weighted by molar-refractivity contribution is 0.529. The van der Waals surface area contributed by atoms with Crippen molar-refractivity contribution in [1.82, 2.24) is 19.5 Å². The van der Waals surface area contributed by atoms with Crippen molar-refractivity contribution < 1.29 is 8.42 Å². The van der Waals surface area contributed by atoms with Crippen molar-refractivity contribution in [2.45, 2.75) is 25.9 Å². The first-order chi connectivity index (χ1) is 12.3. The number of rotatable bonds is 5. The normalized spacial score (nSPS) is 19.6. The summed E-state index contributed by atoms with van der Waals surface area (Å²) in [5.74, 6) is 1.37. The van der Waals surface area contributed by atoms with E-state index in [1.165, 1.54) is 5.69 Å². The molecular formula is C17H26N6O2S. The Morgan fingerprint density at radius 1 is 1.19 bits per heavy atom. The smallest absolute Gasteiger partial charge is 0.227 e. The molecule has 0 bridgehead atoms. The van der Waals surface area contributed by atoms with Crippen LogP contribution in [0.2, 0.25) is 0 Å².